The fourth-order valence-corrected chi connectivity index (χ4v) is 2.91. The highest BCUT2D eigenvalue weighted by atomic mass is 32.2. The van der Waals surface area contributed by atoms with Crippen molar-refractivity contribution in [1.29, 1.82) is 0 Å². The molecule has 1 heterocycles. The van der Waals surface area contributed by atoms with Gasteiger partial charge in [-0.1, -0.05) is 0 Å². The van der Waals surface area contributed by atoms with E-state index in [9.17, 15) is 0 Å². The van der Waals surface area contributed by atoms with E-state index in [4.69, 9.17) is 12.2 Å². The summed E-state index contributed by atoms with van der Waals surface area (Å²) in [6.45, 7) is 0. The minimum Gasteiger partial charge on any atom is -0.324 e. The molecule has 1 aromatic heterocycles. The molecular formula is C10H14N2S2. The molecule has 0 fully saturated rings. The van der Waals surface area contributed by atoms with Crippen molar-refractivity contribution in [1.82, 2.24) is 9.55 Å². The highest BCUT2D eigenvalue weighted by molar-refractivity contribution is 7.98. The summed E-state index contributed by atoms with van der Waals surface area (Å²) in [5, 5.41) is 1.14. The zero-order chi connectivity index (χ0) is 10.1. The van der Waals surface area contributed by atoms with Gasteiger partial charge in [0.05, 0.1) is 0 Å². The molecule has 0 amide bonds. The van der Waals surface area contributed by atoms with Crippen LogP contribution in [0.25, 0.3) is 0 Å². The topological polar surface area (TPSA) is 17.8 Å². The van der Waals surface area contributed by atoms with Crippen LogP contribution in [0.3, 0.4) is 0 Å². The number of rotatable bonds is 1. The lowest BCUT2D eigenvalue weighted by atomic mass is 9.97. The molecule has 14 heavy (non-hydrogen) atoms. The van der Waals surface area contributed by atoms with E-state index in [0.717, 1.165) is 16.2 Å². The van der Waals surface area contributed by atoms with E-state index in [-0.39, 0.29) is 0 Å². The summed E-state index contributed by atoms with van der Waals surface area (Å²) in [5.74, 6) is 0. The van der Waals surface area contributed by atoms with E-state index >= 15 is 0 Å². The summed E-state index contributed by atoms with van der Waals surface area (Å²) in [6.07, 6.45) is 6.98. The van der Waals surface area contributed by atoms with Crippen molar-refractivity contribution < 1.29 is 0 Å². The van der Waals surface area contributed by atoms with E-state index in [2.05, 4.69) is 15.8 Å². The monoisotopic (exact) mass is 226 g/mol. The molecule has 4 heteroatoms. The zero-order valence-corrected chi connectivity index (χ0v) is 10.2. The van der Waals surface area contributed by atoms with Crippen LogP contribution in [-0.2, 0) is 19.9 Å². The van der Waals surface area contributed by atoms with Crippen molar-refractivity contribution in [2.24, 2.45) is 7.05 Å². The average molecular weight is 226 g/mol. The molecule has 0 atom stereocenters. The van der Waals surface area contributed by atoms with Gasteiger partial charge in [-0.3, -0.25) is 0 Å². The van der Waals surface area contributed by atoms with E-state index in [1.807, 2.05) is 7.05 Å². The van der Waals surface area contributed by atoms with Crippen LogP contribution in [0.5, 0.6) is 0 Å². The summed E-state index contributed by atoms with van der Waals surface area (Å²) in [5.41, 5.74) is 2.83. The summed E-state index contributed by atoms with van der Waals surface area (Å²) in [7, 11) is 2.03. The Morgan fingerprint density at radius 3 is 2.79 bits per heavy atom. The van der Waals surface area contributed by atoms with Gasteiger partial charge in [0.2, 0.25) is 0 Å². The Bertz CT molecular complexity index is 409. The van der Waals surface area contributed by atoms with Gasteiger partial charge in [0, 0.05) is 18.3 Å². The summed E-state index contributed by atoms with van der Waals surface area (Å²) in [4.78, 5) is 4.45. The Balaban J connectivity index is 2.66. The van der Waals surface area contributed by atoms with Crippen LogP contribution >= 0.6 is 24.0 Å². The third-order valence-electron chi connectivity index (χ3n) is 2.78. The second kappa shape index (κ2) is 4.03. The molecule has 1 aromatic rings. The molecule has 0 radical (unpaired) electrons. The van der Waals surface area contributed by atoms with Crippen molar-refractivity contribution >= 4 is 24.0 Å². The number of thioether (sulfide) groups is 1. The third-order valence-corrected chi connectivity index (χ3v) is 3.87. The lowest BCUT2D eigenvalue weighted by Crippen LogP contribution is -2.14. The molecule has 0 saturated carbocycles. The number of nitrogens with zero attached hydrogens (tertiary/aromatic N) is 2. The molecule has 0 aromatic carbocycles. The third kappa shape index (κ3) is 1.61. The standard InChI is InChI=1S/C10H14N2S2/c1-12-8-6-4-3-5-7(8)9(14-2)11-10(12)13/h3-6H2,1-2H3. The molecule has 0 aliphatic heterocycles. The second-order valence-corrected chi connectivity index (χ2v) is 4.76. The van der Waals surface area contributed by atoms with Crippen LogP contribution < -0.4 is 0 Å². The maximum atomic E-state index is 5.23. The molecule has 0 bridgehead atoms. The summed E-state index contributed by atoms with van der Waals surface area (Å²) in [6, 6.07) is 0. The second-order valence-electron chi connectivity index (χ2n) is 3.60. The smallest absolute Gasteiger partial charge is 0.200 e. The number of aromatic nitrogens is 2. The molecule has 0 saturated heterocycles. The van der Waals surface area contributed by atoms with Gasteiger partial charge < -0.3 is 4.57 Å². The quantitative estimate of drug-likeness (QED) is 0.416. The van der Waals surface area contributed by atoms with Crippen LogP contribution in [0.4, 0.5) is 0 Å². The molecular weight excluding hydrogens is 212 g/mol. The Kier molecular flexibility index (Phi) is 2.93. The largest absolute Gasteiger partial charge is 0.324 e. The Hall–Kier alpha value is -0.350. The van der Waals surface area contributed by atoms with Crippen LogP contribution in [0.1, 0.15) is 24.1 Å². The molecule has 0 spiro atoms. The van der Waals surface area contributed by atoms with Crippen LogP contribution in [-0.4, -0.2) is 15.8 Å². The minimum absolute atomic E-state index is 0.718. The van der Waals surface area contributed by atoms with Gasteiger partial charge in [-0.05, 0) is 44.2 Å². The molecule has 0 N–H and O–H groups in total. The first-order valence-corrected chi connectivity index (χ1v) is 6.50. The molecule has 1 aliphatic rings. The minimum atomic E-state index is 0.718. The average Bonchev–Trinajstić information content (AvgIpc) is 2.23. The summed E-state index contributed by atoms with van der Waals surface area (Å²) < 4.78 is 2.79. The van der Waals surface area contributed by atoms with Crippen LogP contribution in [0.2, 0.25) is 0 Å². The van der Waals surface area contributed by atoms with Crippen molar-refractivity contribution in [2.45, 2.75) is 30.7 Å². The lowest BCUT2D eigenvalue weighted by Gasteiger charge is -2.20. The first kappa shape index (κ1) is 10.2. The summed E-state index contributed by atoms with van der Waals surface area (Å²) >= 11 is 6.95. The van der Waals surface area contributed by atoms with E-state index in [1.54, 1.807) is 11.8 Å². The van der Waals surface area contributed by atoms with Crippen LogP contribution in [0.15, 0.2) is 5.03 Å². The predicted octanol–water partition coefficient (Wildman–Crippen LogP) is 2.75. The number of hydrogen-bond acceptors (Lipinski definition) is 3. The highest BCUT2D eigenvalue weighted by Gasteiger charge is 2.16. The molecule has 0 unspecified atom stereocenters. The van der Waals surface area contributed by atoms with E-state index in [0.29, 0.717) is 0 Å². The first-order valence-electron chi connectivity index (χ1n) is 4.87. The zero-order valence-electron chi connectivity index (χ0n) is 8.54. The van der Waals surface area contributed by atoms with Gasteiger partial charge in [-0.2, -0.15) is 0 Å². The number of hydrogen-bond donors (Lipinski definition) is 0. The maximum Gasteiger partial charge on any atom is 0.200 e. The predicted molar refractivity (Wildman–Crippen MR) is 62.5 cm³/mol. The molecule has 76 valence electrons. The van der Waals surface area contributed by atoms with Gasteiger partial charge in [0.15, 0.2) is 4.77 Å². The Morgan fingerprint density at radius 1 is 1.36 bits per heavy atom. The Labute approximate surface area is 93.7 Å². The fourth-order valence-electron chi connectivity index (χ4n) is 2.00. The van der Waals surface area contributed by atoms with Gasteiger partial charge >= 0.3 is 0 Å². The van der Waals surface area contributed by atoms with Crippen molar-refractivity contribution in [3.63, 3.8) is 0 Å². The van der Waals surface area contributed by atoms with E-state index in [1.165, 1.54) is 30.5 Å². The van der Waals surface area contributed by atoms with Crippen LogP contribution in [0, 0.1) is 4.77 Å². The van der Waals surface area contributed by atoms with Crippen molar-refractivity contribution in [3.05, 3.63) is 16.0 Å². The Morgan fingerprint density at radius 2 is 2.07 bits per heavy atom. The first-order chi connectivity index (χ1) is 6.74. The maximum absolute atomic E-state index is 5.23. The van der Waals surface area contributed by atoms with Crippen molar-refractivity contribution in [2.75, 3.05) is 6.26 Å². The van der Waals surface area contributed by atoms with Gasteiger partial charge in [-0.15, -0.1) is 11.8 Å². The molecule has 2 rings (SSSR count). The number of fused-ring (bicyclic) bond motifs is 1. The molecule has 1 aliphatic carbocycles. The van der Waals surface area contributed by atoms with Gasteiger partial charge in [0.1, 0.15) is 5.03 Å². The van der Waals surface area contributed by atoms with Gasteiger partial charge in [-0.25, -0.2) is 4.98 Å². The fraction of sp³-hybridized carbons (Fsp3) is 0.600. The highest BCUT2D eigenvalue weighted by Crippen LogP contribution is 2.27. The van der Waals surface area contributed by atoms with Crippen molar-refractivity contribution in [3.8, 4) is 0 Å². The normalized spacial score (nSPS) is 15.3. The van der Waals surface area contributed by atoms with Gasteiger partial charge in [0.25, 0.3) is 0 Å². The van der Waals surface area contributed by atoms with E-state index < -0.39 is 0 Å². The lowest BCUT2D eigenvalue weighted by molar-refractivity contribution is 0.599. The molecule has 2 nitrogen and oxygen atoms in total. The SMILES string of the molecule is CSc1nc(=S)n(C)c2c1CCCC2.